The molecule has 45 heavy (non-hydrogen) atoms. The molecule has 1 amide bonds. The summed E-state index contributed by atoms with van der Waals surface area (Å²) < 4.78 is 18.4. The second kappa shape index (κ2) is 12.9. The molecule has 0 saturated carbocycles. The molecule has 1 fully saturated rings. The number of methoxy groups -OCH3 is 1. The van der Waals surface area contributed by atoms with Crippen molar-refractivity contribution in [1.29, 1.82) is 0 Å². The molecular formula is C33H32N6O4S2. The Kier molecular flexibility index (Phi) is 8.42. The van der Waals surface area contributed by atoms with Crippen LogP contribution in [0.4, 0.5) is 0 Å². The van der Waals surface area contributed by atoms with Gasteiger partial charge in [-0.05, 0) is 48.9 Å². The van der Waals surface area contributed by atoms with Gasteiger partial charge in [0.05, 0.1) is 12.9 Å². The highest BCUT2D eigenvalue weighted by Gasteiger charge is 2.25. The third-order valence-electron chi connectivity index (χ3n) is 7.85. The molecule has 0 spiro atoms. The molecule has 5 aromatic rings. The normalized spacial score (nSPS) is 14.6. The van der Waals surface area contributed by atoms with Crippen LogP contribution in [0.25, 0.3) is 17.1 Å². The number of hydrogen-bond acceptors (Lipinski definition) is 10. The summed E-state index contributed by atoms with van der Waals surface area (Å²) in [7, 11) is 1.65. The molecule has 3 aromatic carbocycles. The first-order valence-electron chi connectivity index (χ1n) is 14.7. The Labute approximate surface area is 269 Å². The third-order valence-corrected chi connectivity index (χ3v) is 9.82. The highest BCUT2D eigenvalue weighted by atomic mass is 32.2. The molecule has 2 aromatic heterocycles. The zero-order chi connectivity index (χ0) is 30.8. The standard InChI is InChI=1S/C33H32N6O4S2/c1-22-6-9-25(10-7-22)39-31(24-4-3-5-26(17-24)41-2)35-36-33(39)45-20-30-34-27(19-44-30)32(40)38-14-12-37(13-15-38)18-23-8-11-28-29(16-23)43-21-42-28/h3-11,16-17,19H,12-15,18,20-21H2,1-2H3. The number of amides is 1. The van der Waals surface area contributed by atoms with E-state index in [2.05, 4.69) is 56.9 Å². The van der Waals surface area contributed by atoms with Crippen molar-refractivity contribution in [3.05, 3.63) is 93.9 Å². The Balaban J connectivity index is 1.000. The molecule has 0 radical (unpaired) electrons. The summed E-state index contributed by atoms with van der Waals surface area (Å²) in [6, 6.07) is 22.2. The summed E-state index contributed by atoms with van der Waals surface area (Å²) in [5.41, 5.74) is 4.73. The zero-order valence-corrected chi connectivity index (χ0v) is 26.6. The number of piperazine rings is 1. The van der Waals surface area contributed by atoms with E-state index in [9.17, 15) is 4.79 Å². The van der Waals surface area contributed by atoms with Gasteiger partial charge in [-0.2, -0.15) is 0 Å². The van der Waals surface area contributed by atoms with Crippen LogP contribution < -0.4 is 14.2 Å². The van der Waals surface area contributed by atoms with E-state index in [1.165, 1.54) is 22.5 Å². The van der Waals surface area contributed by atoms with Crippen LogP contribution in [0.1, 0.15) is 26.6 Å². The van der Waals surface area contributed by atoms with Gasteiger partial charge in [0.1, 0.15) is 16.5 Å². The topological polar surface area (TPSA) is 94.8 Å². The number of benzene rings is 3. The van der Waals surface area contributed by atoms with Gasteiger partial charge in [-0.15, -0.1) is 21.5 Å². The Morgan fingerprint density at radius 1 is 0.978 bits per heavy atom. The number of rotatable bonds is 9. The van der Waals surface area contributed by atoms with Gasteiger partial charge in [0.15, 0.2) is 22.5 Å². The highest BCUT2D eigenvalue weighted by molar-refractivity contribution is 7.98. The number of thiazole rings is 1. The number of thioether (sulfide) groups is 1. The third kappa shape index (κ3) is 6.39. The molecule has 12 heteroatoms. The van der Waals surface area contributed by atoms with Gasteiger partial charge >= 0.3 is 0 Å². The van der Waals surface area contributed by atoms with E-state index in [1.54, 1.807) is 18.9 Å². The smallest absolute Gasteiger partial charge is 0.273 e. The number of ether oxygens (including phenoxy) is 3. The lowest BCUT2D eigenvalue weighted by Crippen LogP contribution is -2.48. The first kappa shape index (κ1) is 29.3. The number of fused-ring (bicyclic) bond motifs is 1. The van der Waals surface area contributed by atoms with Gasteiger partial charge in [-0.3, -0.25) is 14.3 Å². The van der Waals surface area contributed by atoms with Gasteiger partial charge in [0.2, 0.25) is 6.79 Å². The van der Waals surface area contributed by atoms with Crippen molar-refractivity contribution < 1.29 is 19.0 Å². The van der Waals surface area contributed by atoms with Crippen molar-refractivity contribution >= 4 is 29.0 Å². The Morgan fingerprint density at radius 3 is 2.62 bits per heavy atom. The molecule has 4 heterocycles. The van der Waals surface area contributed by atoms with Crippen LogP contribution in [0.2, 0.25) is 0 Å². The molecule has 7 rings (SSSR count). The lowest BCUT2D eigenvalue weighted by molar-refractivity contribution is 0.0623. The number of nitrogens with zero attached hydrogens (tertiary/aromatic N) is 6. The molecule has 2 aliphatic heterocycles. The van der Waals surface area contributed by atoms with E-state index in [4.69, 9.17) is 19.2 Å². The minimum atomic E-state index is -0.0200. The van der Waals surface area contributed by atoms with Gasteiger partial charge in [0, 0.05) is 49.4 Å². The zero-order valence-electron chi connectivity index (χ0n) is 25.0. The Hall–Kier alpha value is -4.39. The molecule has 2 aliphatic rings. The Morgan fingerprint density at radius 2 is 1.80 bits per heavy atom. The van der Waals surface area contributed by atoms with Crippen molar-refractivity contribution in [2.75, 3.05) is 40.1 Å². The summed E-state index contributed by atoms with van der Waals surface area (Å²) >= 11 is 3.05. The number of carbonyl (C=O) groups excluding carboxylic acids is 1. The van der Waals surface area contributed by atoms with Crippen molar-refractivity contribution in [2.24, 2.45) is 0 Å². The molecule has 0 unspecified atom stereocenters. The van der Waals surface area contributed by atoms with E-state index < -0.39 is 0 Å². The maximum atomic E-state index is 13.3. The molecule has 0 bridgehead atoms. The fraction of sp³-hybridized carbons (Fsp3) is 0.273. The van der Waals surface area contributed by atoms with Crippen LogP contribution >= 0.6 is 23.1 Å². The van der Waals surface area contributed by atoms with Gasteiger partial charge in [-0.25, -0.2) is 4.98 Å². The molecule has 1 saturated heterocycles. The monoisotopic (exact) mass is 640 g/mol. The van der Waals surface area contributed by atoms with Crippen LogP contribution in [0, 0.1) is 6.92 Å². The van der Waals surface area contributed by atoms with Crippen molar-refractivity contribution in [3.8, 4) is 34.3 Å². The first-order valence-corrected chi connectivity index (χ1v) is 16.5. The second-order valence-corrected chi connectivity index (χ2v) is 12.8. The number of aryl methyl sites for hydroxylation is 1. The van der Waals surface area contributed by atoms with Crippen LogP contribution in [0.5, 0.6) is 17.2 Å². The van der Waals surface area contributed by atoms with Crippen molar-refractivity contribution in [1.82, 2.24) is 29.5 Å². The maximum absolute atomic E-state index is 13.3. The van der Waals surface area contributed by atoms with Crippen LogP contribution in [-0.2, 0) is 12.3 Å². The fourth-order valence-electron chi connectivity index (χ4n) is 5.41. The second-order valence-electron chi connectivity index (χ2n) is 10.9. The quantitative estimate of drug-likeness (QED) is 0.189. The van der Waals surface area contributed by atoms with Crippen molar-refractivity contribution in [2.45, 2.75) is 24.4 Å². The summed E-state index contributed by atoms with van der Waals surface area (Å²) in [5, 5.41) is 12.6. The average molecular weight is 641 g/mol. The van der Waals surface area contributed by atoms with E-state index in [1.807, 2.05) is 46.7 Å². The molecule has 230 valence electrons. The van der Waals surface area contributed by atoms with E-state index in [0.717, 1.165) is 64.1 Å². The molecule has 0 N–H and O–H groups in total. The largest absolute Gasteiger partial charge is 0.497 e. The van der Waals surface area contributed by atoms with Crippen LogP contribution in [-0.4, -0.2) is 75.5 Å². The SMILES string of the molecule is COc1cccc(-c2nnc(SCc3nc(C(=O)N4CCN(Cc5ccc6c(c5)OCO6)CC4)cs3)n2-c2ccc(C)cc2)c1. The van der Waals surface area contributed by atoms with Crippen molar-refractivity contribution in [3.63, 3.8) is 0 Å². The maximum Gasteiger partial charge on any atom is 0.273 e. The average Bonchev–Trinajstić information content (AvgIpc) is 3.84. The lowest BCUT2D eigenvalue weighted by Gasteiger charge is -2.34. The number of carbonyl (C=O) groups is 1. The summed E-state index contributed by atoms with van der Waals surface area (Å²) in [6.07, 6.45) is 0. The van der Waals surface area contributed by atoms with E-state index >= 15 is 0 Å². The Bertz CT molecular complexity index is 1810. The summed E-state index contributed by atoms with van der Waals surface area (Å²) in [5.74, 6) is 3.63. The fourth-order valence-corrected chi connectivity index (χ4v) is 7.15. The number of aromatic nitrogens is 4. The first-order chi connectivity index (χ1) is 22.0. The van der Waals surface area contributed by atoms with Crippen LogP contribution in [0.3, 0.4) is 0 Å². The van der Waals surface area contributed by atoms with Gasteiger partial charge in [0.25, 0.3) is 5.91 Å². The lowest BCUT2D eigenvalue weighted by atomic mass is 10.1. The number of hydrogen-bond donors (Lipinski definition) is 0. The van der Waals surface area contributed by atoms with Gasteiger partial charge in [-0.1, -0.05) is 47.7 Å². The molecule has 0 aliphatic carbocycles. The highest BCUT2D eigenvalue weighted by Crippen LogP contribution is 2.34. The summed E-state index contributed by atoms with van der Waals surface area (Å²) in [4.78, 5) is 22.3. The molecule has 0 atom stereocenters. The van der Waals surface area contributed by atoms with E-state index in [0.29, 0.717) is 24.5 Å². The minimum Gasteiger partial charge on any atom is -0.497 e. The molecular weight excluding hydrogens is 609 g/mol. The van der Waals surface area contributed by atoms with Gasteiger partial charge < -0.3 is 19.1 Å². The van der Waals surface area contributed by atoms with Crippen LogP contribution in [0.15, 0.2) is 77.3 Å². The predicted molar refractivity (Wildman–Crippen MR) is 174 cm³/mol. The minimum absolute atomic E-state index is 0.0200. The summed E-state index contributed by atoms with van der Waals surface area (Å²) in [6.45, 7) is 6.08. The predicted octanol–water partition coefficient (Wildman–Crippen LogP) is 5.69. The van der Waals surface area contributed by atoms with E-state index in [-0.39, 0.29) is 12.7 Å². The molecule has 10 nitrogen and oxygen atoms in total.